The molecule has 0 bridgehead atoms. The average Bonchev–Trinajstić information content (AvgIpc) is 2.50. The van der Waals surface area contributed by atoms with Crippen LogP contribution in [0, 0.1) is 11.3 Å². The maximum atomic E-state index is 8.67. The van der Waals surface area contributed by atoms with Crippen LogP contribution in [-0.4, -0.2) is 0 Å². The number of nitrogens with zero attached hydrogens (tertiary/aromatic N) is 1. The van der Waals surface area contributed by atoms with Gasteiger partial charge in [-0.15, -0.1) is 0 Å². The van der Waals surface area contributed by atoms with Crippen LogP contribution in [0.4, 0.5) is 0 Å². The van der Waals surface area contributed by atoms with Crippen molar-refractivity contribution < 1.29 is 0 Å². The fourth-order valence-electron chi connectivity index (χ4n) is 2.49. The van der Waals surface area contributed by atoms with Crippen LogP contribution in [-0.2, 0) is 0 Å². The van der Waals surface area contributed by atoms with Gasteiger partial charge in [0.1, 0.15) is 0 Å². The highest BCUT2D eigenvalue weighted by molar-refractivity contribution is 5.39. The Morgan fingerprint density at radius 3 is 1.90 bits per heavy atom. The summed E-state index contributed by atoms with van der Waals surface area (Å²) in [7, 11) is 0. The van der Waals surface area contributed by atoms with E-state index in [2.05, 4.69) is 61.2 Å². The Balaban J connectivity index is 2.26. The van der Waals surface area contributed by atoms with Gasteiger partial charge in [0.05, 0.1) is 6.07 Å². The van der Waals surface area contributed by atoms with Gasteiger partial charge >= 0.3 is 0 Å². The first-order valence-electron chi connectivity index (χ1n) is 6.97. The van der Waals surface area contributed by atoms with Gasteiger partial charge in [-0.2, -0.15) is 5.26 Å². The molecule has 0 heterocycles. The third-order valence-corrected chi connectivity index (χ3v) is 3.46. The zero-order chi connectivity index (χ0) is 14.2. The number of allylic oxidation sites excluding steroid dienone is 1. The second-order valence-corrected chi connectivity index (χ2v) is 4.92. The van der Waals surface area contributed by atoms with E-state index in [-0.39, 0.29) is 5.92 Å². The molecule has 0 saturated heterocycles. The Hall–Kier alpha value is -2.33. The molecular weight excluding hydrogens is 242 g/mol. The molecule has 100 valence electrons. The molecule has 1 heteroatoms. The lowest BCUT2D eigenvalue weighted by Gasteiger charge is -2.20. The number of benzene rings is 2. The zero-order valence-electron chi connectivity index (χ0n) is 11.6. The van der Waals surface area contributed by atoms with Crippen LogP contribution in [0.3, 0.4) is 0 Å². The van der Waals surface area contributed by atoms with Crippen LogP contribution in [0.5, 0.6) is 0 Å². The van der Waals surface area contributed by atoms with Gasteiger partial charge in [0, 0.05) is 12.3 Å². The maximum absolute atomic E-state index is 8.67. The summed E-state index contributed by atoms with van der Waals surface area (Å²) >= 11 is 0. The molecule has 0 aromatic heterocycles. The molecule has 0 aliphatic heterocycles. The minimum absolute atomic E-state index is 0.219. The first kappa shape index (κ1) is 14.1. The van der Waals surface area contributed by atoms with E-state index in [1.807, 2.05) is 12.1 Å². The summed E-state index contributed by atoms with van der Waals surface area (Å²) in [5, 5.41) is 8.67. The lowest BCUT2D eigenvalue weighted by atomic mass is 9.83. The second-order valence-electron chi connectivity index (χ2n) is 4.92. The van der Waals surface area contributed by atoms with Gasteiger partial charge in [-0.05, 0) is 24.0 Å². The maximum Gasteiger partial charge on any atom is 0.0621 e. The predicted octanol–water partition coefficient (Wildman–Crippen LogP) is 5.07. The van der Waals surface area contributed by atoms with Gasteiger partial charge in [-0.1, -0.05) is 72.8 Å². The lowest BCUT2D eigenvalue weighted by Crippen LogP contribution is -2.04. The molecule has 20 heavy (non-hydrogen) atoms. The Morgan fingerprint density at radius 2 is 1.45 bits per heavy atom. The van der Waals surface area contributed by atoms with Crippen molar-refractivity contribution in [2.75, 3.05) is 0 Å². The molecule has 2 aromatic carbocycles. The molecule has 0 fully saturated rings. The van der Waals surface area contributed by atoms with Gasteiger partial charge in [-0.25, -0.2) is 0 Å². The van der Waals surface area contributed by atoms with Crippen LogP contribution in [0.25, 0.3) is 0 Å². The third-order valence-electron chi connectivity index (χ3n) is 3.46. The topological polar surface area (TPSA) is 23.8 Å². The van der Waals surface area contributed by atoms with Crippen molar-refractivity contribution in [2.45, 2.75) is 25.2 Å². The van der Waals surface area contributed by atoms with E-state index in [1.165, 1.54) is 16.7 Å². The number of hydrogen-bond donors (Lipinski definition) is 0. The van der Waals surface area contributed by atoms with E-state index >= 15 is 0 Å². The van der Waals surface area contributed by atoms with Crippen LogP contribution in [0.1, 0.15) is 36.3 Å². The highest BCUT2D eigenvalue weighted by atomic mass is 14.2. The molecular formula is C19H19N. The smallest absolute Gasteiger partial charge is 0.0621 e. The Labute approximate surface area is 121 Å². The van der Waals surface area contributed by atoms with Gasteiger partial charge in [-0.3, -0.25) is 0 Å². The summed E-state index contributed by atoms with van der Waals surface area (Å²) in [5.41, 5.74) is 3.71. The molecule has 0 aliphatic carbocycles. The minimum atomic E-state index is 0.219. The van der Waals surface area contributed by atoms with Crippen molar-refractivity contribution in [1.82, 2.24) is 0 Å². The van der Waals surface area contributed by atoms with Crippen molar-refractivity contribution in [1.29, 1.82) is 5.26 Å². The fraction of sp³-hybridized carbons (Fsp3) is 0.211. The summed E-state index contributed by atoms with van der Waals surface area (Å²) in [4.78, 5) is 0. The summed E-state index contributed by atoms with van der Waals surface area (Å²) in [5.74, 6) is 0.219. The molecule has 0 aliphatic rings. The predicted molar refractivity (Wildman–Crippen MR) is 83.3 cm³/mol. The van der Waals surface area contributed by atoms with Crippen molar-refractivity contribution in [3.63, 3.8) is 0 Å². The first-order chi connectivity index (χ1) is 9.83. The van der Waals surface area contributed by atoms with E-state index in [0.717, 1.165) is 12.8 Å². The van der Waals surface area contributed by atoms with Crippen molar-refractivity contribution in [3.05, 3.63) is 83.9 Å². The Morgan fingerprint density at radius 1 is 0.950 bits per heavy atom. The second kappa shape index (κ2) is 7.31. The minimum Gasteiger partial charge on any atom is -0.198 e. The summed E-state index contributed by atoms with van der Waals surface area (Å²) in [6.07, 6.45) is 2.36. The third kappa shape index (κ3) is 3.59. The fourth-order valence-corrected chi connectivity index (χ4v) is 2.49. The molecule has 0 radical (unpaired) electrons. The van der Waals surface area contributed by atoms with Crippen molar-refractivity contribution in [3.8, 4) is 6.07 Å². The van der Waals surface area contributed by atoms with Gasteiger partial charge < -0.3 is 0 Å². The van der Waals surface area contributed by atoms with Gasteiger partial charge in [0.25, 0.3) is 0 Å². The van der Waals surface area contributed by atoms with Crippen LogP contribution in [0.2, 0.25) is 0 Å². The van der Waals surface area contributed by atoms with Gasteiger partial charge in [0.2, 0.25) is 0 Å². The van der Waals surface area contributed by atoms with Crippen LogP contribution in [0.15, 0.2) is 72.8 Å². The van der Waals surface area contributed by atoms with Crippen molar-refractivity contribution in [2.24, 2.45) is 0 Å². The van der Waals surface area contributed by atoms with E-state index < -0.39 is 0 Å². The molecule has 0 saturated carbocycles. The molecule has 0 N–H and O–H groups in total. The quantitative estimate of drug-likeness (QED) is 0.526. The number of rotatable bonds is 6. The summed E-state index contributed by atoms with van der Waals surface area (Å²) < 4.78 is 0. The molecule has 0 spiro atoms. The molecule has 0 unspecified atom stereocenters. The van der Waals surface area contributed by atoms with E-state index in [4.69, 9.17) is 5.26 Å². The molecule has 1 nitrogen and oxygen atoms in total. The van der Waals surface area contributed by atoms with Crippen molar-refractivity contribution >= 4 is 0 Å². The highest BCUT2D eigenvalue weighted by Gasteiger charge is 2.16. The standard InChI is InChI=1S/C19H19N/c1-16(10-8-9-15-20)19(17-11-4-2-5-12-17)18-13-6-3-7-14-18/h2-7,11-14,19H,1,8-10H2. The summed E-state index contributed by atoms with van der Waals surface area (Å²) in [6.45, 7) is 4.27. The SMILES string of the molecule is C=C(CCCC#N)C(c1ccccc1)c1ccccc1. The monoisotopic (exact) mass is 261 g/mol. The van der Waals surface area contributed by atoms with E-state index in [1.54, 1.807) is 0 Å². The lowest BCUT2D eigenvalue weighted by molar-refractivity contribution is 0.780. The molecule has 0 amide bonds. The largest absolute Gasteiger partial charge is 0.198 e. The summed E-state index contributed by atoms with van der Waals surface area (Å²) in [6, 6.07) is 23.1. The van der Waals surface area contributed by atoms with Crippen LogP contribution >= 0.6 is 0 Å². The Bertz CT molecular complexity index is 539. The number of hydrogen-bond acceptors (Lipinski definition) is 1. The normalized spacial score (nSPS) is 10.2. The molecule has 0 atom stereocenters. The Kier molecular flexibility index (Phi) is 5.15. The zero-order valence-corrected chi connectivity index (χ0v) is 11.6. The average molecular weight is 261 g/mol. The van der Waals surface area contributed by atoms with Crippen LogP contribution < -0.4 is 0 Å². The van der Waals surface area contributed by atoms with Gasteiger partial charge in [0.15, 0.2) is 0 Å². The molecule has 2 rings (SSSR count). The number of unbranched alkanes of at least 4 members (excludes halogenated alkanes) is 1. The van der Waals surface area contributed by atoms with E-state index in [0.29, 0.717) is 6.42 Å². The first-order valence-corrected chi connectivity index (χ1v) is 6.97. The highest BCUT2D eigenvalue weighted by Crippen LogP contribution is 2.33. The number of nitriles is 1. The van der Waals surface area contributed by atoms with E-state index in [9.17, 15) is 0 Å². The molecule has 2 aromatic rings.